The van der Waals surface area contributed by atoms with Crippen molar-refractivity contribution in [2.24, 2.45) is 0 Å². The molecule has 0 nitrogen and oxygen atoms in total. The van der Waals surface area contributed by atoms with Crippen LogP contribution in [0.2, 0.25) is 19.6 Å². The fourth-order valence-electron chi connectivity index (χ4n) is 1.21. The molecule has 1 aromatic carbocycles. The van der Waals surface area contributed by atoms with E-state index in [0.717, 1.165) is 14.5 Å². The van der Waals surface area contributed by atoms with E-state index in [2.05, 4.69) is 86.9 Å². The minimum absolute atomic E-state index is 0.833. The van der Waals surface area contributed by atoms with Crippen LogP contribution in [-0.2, 0) is 0 Å². The van der Waals surface area contributed by atoms with E-state index in [-0.39, 0.29) is 0 Å². The van der Waals surface area contributed by atoms with Crippen molar-refractivity contribution < 1.29 is 0 Å². The zero-order chi connectivity index (χ0) is 15.0. The van der Waals surface area contributed by atoms with Crippen molar-refractivity contribution in [3.63, 3.8) is 0 Å². The van der Waals surface area contributed by atoms with Crippen LogP contribution in [0.25, 0.3) is 6.08 Å². The molecule has 1 aromatic rings. The van der Waals surface area contributed by atoms with Crippen molar-refractivity contribution in [3.05, 3.63) is 50.9 Å². The van der Waals surface area contributed by atoms with Crippen LogP contribution < -0.4 is 0 Å². The van der Waals surface area contributed by atoms with Gasteiger partial charge in [0.1, 0.15) is 8.07 Å². The van der Waals surface area contributed by atoms with Crippen LogP contribution in [-0.4, -0.2) is 8.07 Å². The van der Waals surface area contributed by atoms with Gasteiger partial charge in [-0.25, -0.2) is 0 Å². The van der Waals surface area contributed by atoms with Crippen LogP contribution in [0.1, 0.15) is 5.56 Å². The maximum Gasteiger partial charge on any atom is 0.130 e. The van der Waals surface area contributed by atoms with Crippen LogP contribution in [0.3, 0.4) is 0 Å². The van der Waals surface area contributed by atoms with Crippen LogP contribution in [0.4, 0.5) is 0 Å². The van der Waals surface area contributed by atoms with Crippen molar-refractivity contribution >= 4 is 46.0 Å². The molecule has 20 heavy (non-hydrogen) atoms. The molecule has 3 heteroatoms. The van der Waals surface area contributed by atoms with E-state index in [4.69, 9.17) is 0 Å². The molecule has 0 atom stereocenters. The van der Waals surface area contributed by atoms with E-state index in [1.165, 1.54) is 0 Å². The molecular weight excluding hydrogens is 392 g/mol. The lowest BCUT2D eigenvalue weighted by Crippen LogP contribution is -2.16. The van der Waals surface area contributed by atoms with Gasteiger partial charge in [0.15, 0.2) is 0 Å². The first-order valence-corrected chi connectivity index (χ1v) is 11.3. The van der Waals surface area contributed by atoms with Gasteiger partial charge < -0.3 is 0 Å². The third-order valence-corrected chi connectivity index (χ3v) is 3.87. The zero-order valence-electron chi connectivity index (χ0n) is 11.8. The lowest BCUT2D eigenvalue weighted by molar-refractivity contribution is 1.65. The molecule has 0 bridgehead atoms. The molecule has 0 radical (unpaired) electrons. The topological polar surface area (TPSA) is 0 Å². The Hall–Kier alpha value is -1.00. The third kappa shape index (κ3) is 7.55. The fourth-order valence-corrected chi connectivity index (χ4v) is 2.11. The molecule has 0 spiro atoms. The van der Waals surface area contributed by atoms with Crippen molar-refractivity contribution in [1.82, 2.24) is 0 Å². The molecule has 0 saturated heterocycles. The Kier molecular flexibility index (Phi) is 7.09. The van der Waals surface area contributed by atoms with Gasteiger partial charge in [-0.05, 0) is 55.3 Å². The lowest BCUT2D eigenvalue weighted by Gasteiger charge is -2.01. The summed E-state index contributed by atoms with van der Waals surface area (Å²) in [6, 6.07) is 10.1. The molecule has 0 aliphatic heterocycles. The molecule has 102 valence electrons. The molecule has 0 heterocycles. The highest BCUT2D eigenvalue weighted by Crippen LogP contribution is 2.20. The highest BCUT2D eigenvalue weighted by molar-refractivity contribution is 9.28. The number of rotatable bonds is 2. The Morgan fingerprint density at radius 2 is 1.70 bits per heavy atom. The molecule has 0 aromatic heterocycles. The average Bonchev–Trinajstić information content (AvgIpc) is 2.37. The summed E-state index contributed by atoms with van der Waals surface area (Å²) in [5.41, 5.74) is 5.24. The first kappa shape index (κ1) is 17.0. The van der Waals surface area contributed by atoms with Crippen molar-refractivity contribution in [2.45, 2.75) is 19.6 Å². The van der Waals surface area contributed by atoms with Crippen LogP contribution in [0.5, 0.6) is 0 Å². The highest BCUT2D eigenvalue weighted by Gasteiger charge is 2.06. The molecule has 0 saturated carbocycles. The average molecular weight is 408 g/mol. The van der Waals surface area contributed by atoms with Gasteiger partial charge in [-0.15, -0.1) is 5.54 Å². The summed E-state index contributed by atoms with van der Waals surface area (Å²) in [5, 5.41) is 0. The predicted octanol–water partition coefficient (Wildman–Crippen LogP) is 5.59. The van der Waals surface area contributed by atoms with Crippen LogP contribution >= 0.6 is 31.9 Å². The van der Waals surface area contributed by atoms with Gasteiger partial charge in [0.05, 0.1) is 3.39 Å². The zero-order valence-corrected chi connectivity index (χ0v) is 16.0. The second-order valence-corrected chi connectivity index (χ2v) is 12.6. The quantitative estimate of drug-likeness (QED) is 0.340. The Morgan fingerprint density at radius 1 is 1.05 bits per heavy atom. The van der Waals surface area contributed by atoms with Crippen molar-refractivity contribution in [1.29, 1.82) is 0 Å². The molecule has 0 amide bonds. The largest absolute Gasteiger partial charge is 0.130 e. The van der Waals surface area contributed by atoms with Crippen molar-refractivity contribution in [3.8, 4) is 23.3 Å². The maximum absolute atomic E-state index is 3.41. The van der Waals surface area contributed by atoms with Gasteiger partial charge in [0.25, 0.3) is 0 Å². The predicted molar refractivity (Wildman–Crippen MR) is 99.3 cm³/mol. The lowest BCUT2D eigenvalue weighted by atomic mass is 10.2. The third-order valence-electron chi connectivity index (χ3n) is 2.14. The van der Waals surface area contributed by atoms with Gasteiger partial charge in [-0.2, -0.15) is 0 Å². The van der Waals surface area contributed by atoms with E-state index in [9.17, 15) is 0 Å². The Labute approximate surface area is 139 Å². The first-order chi connectivity index (χ1) is 9.38. The monoisotopic (exact) mass is 406 g/mol. The number of hydrogen-bond donors (Lipinski definition) is 0. The minimum atomic E-state index is -1.35. The number of benzene rings is 1. The van der Waals surface area contributed by atoms with Crippen LogP contribution in [0.15, 0.2) is 45.4 Å². The summed E-state index contributed by atoms with van der Waals surface area (Å²) in [6.45, 7) is 6.61. The van der Waals surface area contributed by atoms with Gasteiger partial charge >= 0.3 is 0 Å². The summed E-state index contributed by atoms with van der Waals surface area (Å²) < 4.78 is 0.833. The second kappa shape index (κ2) is 8.32. The number of allylic oxidation sites excluding steroid dienone is 2. The summed E-state index contributed by atoms with van der Waals surface area (Å²) in [6.07, 6.45) is 4.00. The van der Waals surface area contributed by atoms with E-state index in [0.29, 0.717) is 0 Å². The summed E-state index contributed by atoms with van der Waals surface area (Å²) in [7, 11) is -1.35. The van der Waals surface area contributed by atoms with Crippen LogP contribution in [0, 0.1) is 23.3 Å². The summed E-state index contributed by atoms with van der Waals surface area (Å²) >= 11 is 6.82. The van der Waals surface area contributed by atoms with Crippen molar-refractivity contribution in [2.75, 3.05) is 0 Å². The Morgan fingerprint density at radius 3 is 2.25 bits per heavy atom. The van der Waals surface area contributed by atoms with Gasteiger partial charge in [0, 0.05) is 5.57 Å². The molecule has 0 fully saturated rings. The normalized spacial score (nSPS) is 10.2. The maximum atomic E-state index is 3.41. The standard InChI is InChI=1S/C17H16Br2Si/c1-20(2,3)14-8-7-11-16(17(18)19)13-12-15-9-5-4-6-10-15/h4-6,9-10,12-13H,1-3H3/b13-12+. The summed E-state index contributed by atoms with van der Waals surface area (Å²) in [5.74, 6) is 8.92. The van der Waals surface area contributed by atoms with E-state index < -0.39 is 8.07 Å². The first-order valence-electron chi connectivity index (χ1n) is 6.20. The van der Waals surface area contributed by atoms with Gasteiger partial charge in [-0.3, -0.25) is 0 Å². The molecule has 0 unspecified atom stereocenters. The smallest absolute Gasteiger partial charge is 0.118 e. The minimum Gasteiger partial charge on any atom is -0.118 e. The van der Waals surface area contributed by atoms with Gasteiger partial charge in [-0.1, -0.05) is 62.0 Å². The number of halogens is 2. The van der Waals surface area contributed by atoms with E-state index in [1.807, 2.05) is 30.4 Å². The molecule has 1 rings (SSSR count). The van der Waals surface area contributed by atoms with E-state index >= 15 is 0 Å². The van der Waals surface area contributed by atoms with Gasteiger partial charge in [0.2, 0.25) is 0 Å². The second-order valence-electron chi connectivity index (χ2n) is 5.17. The fraction of sp³-hybridized carbons (Fsp3) is 0.176. The molecule has 0 aliphatic carbocycles. The Bertz CT molecular complexity index is 623. The SMILES string of the molecule is C[Si](C)(C)C#CC#CC(/C=C/c1ccccc1)=C(Br)Br. The molecule has 0 aliphatic rings. The summed E-state index contributed by atoms with van der Waals surface area (Å²) in [4.78, 5) is 0. The van der Waals surface area contributed by atoms with E-state index in [1.54, 1.807) is 0 Å². The molecular formula is C17H16Br2Si. The molecule has 0 N–H and O–H groups in total. The highest BCUT2D eigenvalue weighted by atomic mass is 79.9. The Balaban J connectivity index is 2.88. The number of hydrogen-bond acceptors (Lipinski definition) is 0.